The minimum atomic E-state index is 0. The van der Waals surface area contributed by atoms with Crippen LogP contribution >= 0.6 is 44.3 Å². The molecule has 0 spiro atoms. The third-order valence-corrected chi connectivity index (χ3v) is 3.89. The minimum Gasteiger partial charge on any atom is -0.327 e. The Morgan fingerprint density at radius 1 is 1.29 bits per heavy atom. The molecule has 0 amide bonds. The molecule has 0 aliphatic heterocycles. The van der Waals surface area contributed by atoms with E-state index in [4.69, 9.17) is 5.73 Å². The third-order valence-electron chi connectivity index (χ3n) is 2.01. The second-order valence-corrected chi connectivity index (χ2v) is 4.83. The highest BCUT2D eigenvalue weighted by Gasteiger charge is 2.03. The first-order chi connectivity index (χ1) is 6.13. The van der Waals surface area contributed by atoms with Crippen molar-refractivity contribution in [1.29, 1.82) is 0 Å². The average molecular weight is 343 g/mol. The fourth-order valence-electron chi connectivity index (χ4n) is 1.11. The molecule has 0 radical (unpaired) electrons. The van der Waals surface area contributed by atoms with Crippen molar-refractivity contribution in [3.63, 3.8) is 0 Å². The van der Waals surface area contributed by atoms with E-state index in [0.717, 1.165) is 21.8 Å². The first-order valence-electron chi connectivity index (χ1n) is 4.33. The zero-order chi connectivity index (χ0) is 9.84. The topological polar surface area (TPSA) is 26.0 Å². The summed E-state index contributed by atoms with van der Waals surface area (Å²) in [6, 6.07) is 6.53. The van der Waals surface area contributed by atoms with Crippen LogP contribution in [0.3, 0.4) is 0 Å². The monoisotopic (exact) mass is 341 g/mol. The molecule has 1 aromatic rings. The molecule has 1 aromatic carbocycles. The van der Waals surface area contributed by atoms with E-state index in [1.165, 1.54) is 5.56 Å². The van der Waals surface area contributed by atoms with E-state index in [1.54, 1.807) is 0 Å². The van der Waals surface area contributed by atoms with Crippen molar-refractivity contribution in [2.24, 2.45) is 5.73 Å². The Balaban J connectivity index is 0.00000169. The summed E-state index contributed by atoms with van der Waals surface area (Å²) in [7, 11) is 0. The van der Waals surface area contributed by atoms with Crippen LogP contribution in [-0.2, 0) is 6.42 Å². The van der Waals surface area contributed by atoms with Crippen molar-refractivity contribution < 1.29 is 0 Å². The lowest BCUT2D eigenvalue weighted by Gasteiger charge is -2.09. The number of nitrogens with two attached hydrogens (primary N) is 1. The Hall–Kier alpha value is 0.430. The number of benzene rings is 1. The molecule has 80 valence electrons. The van der Waals surface area contributed by atoms with Crippen molar-refractivity contribution in [2.75, 3.05) is 0 Å². The predicted octanol–water partition coefficient (Wildman–Crippen LogP) is 3.91. The zero-order valence-electron chi connectivity index (χ0n) is 7.97. The average Bonchev–Trinajstić information content (AvgIpc) is 2.11. The number of hydrogen-bond donors (Lipinski definition) is 1. The van der Waals surface area contributed by atoms with Gasteiger partial charge in [0.1, 0.15) is 0 Å². The lowest BCUT2D eigenvalue weighted by atomic mass is 10.1. The summed E-state index contributed by atoms with van der Waals surface area (Å²) in [6.07, 6.45) is 1.97. The molecule has 0 aliphatic rings. The molecule has 1 rings (SSSR count). The molecular weight excluding hydrogens is 329 g/mol. The van der Waals surface area contributed by atoms with Gasteiger partial charge >= 0.3 is 0 Å². The smallest absolute Gasteiger partial charge is 0.0320 e. The van der Waals surface area contributed by atoms with Crippen molar-refractivity contribution in [1.82, 2.24) is 0 Å². The minimum absolute atomic E-state index is 0. The van der Waals surface area contributed by atoms with Gasteiger partial charge in [0.25, 0.3) is 0 Å². The molecule has 14 heavy (non-hydrogen) atoms. The molecule has 0 aliphatic carbocycles. The van der Waals surface area contributed by atoms with Crippen LogP contribution in [-0.4, -0.2) is 6.04 Å². The van der Waals surface area contributed by atoms with Crippen molar-refractivity contribution in [3.8, 4) is 0 Å². The van der Waals surface area contributed by atoms with Crippen molar-refractivity contribution in [2.45, 2.75) is 25.8 Å². The standard InChI is InChI=1S/C10H13Br2N.ClH/c1-2-8(13)5-7-3-4-9(11)10(12)6-7;/h3-4,6,8H,2,5,13H2,1H3;1H. The van der Waals surface area contributed by atoms with Crippen molar-refractivity contribution >= 4 is 44.3 Å². The Kier molecular flexibility index (Phi) is 7.04. The van der Waals surface area contributed by atoms with Crippen molar-refractivity contribution in [3.05, 3.63) is 32.7 Å². The van der Waals surface area contributed by atoms with Gasteiger partial charge in [0.15, 0.2) is 0 Å². The third kappa shape index (κ3) is 4.30. The lowest BCUT2D eigenvalue weighted by Crippen LogP contribution is -2.21. The van der Waals surface area contributed by atoms with Crippen LogP contribution in [0.4, 0.5) is 0 Å². The largest absolute Gasteiger partial charge is 0.327 e. The molecular formula is C10H14Br2ClN. The molecule has 0 saturated carbocycles. The summed E-state index contributed by atoms with van der Waals surface area (Å²) in [6.45, 7) is 2.11. The molecule has 0 heterocycles. The molecule has 2 N–H and O–H groups in total. The van der Waals surface area contributed by atoms with E-state index in [9.17, 15) is 0 Å². The molecule has 1 nitrogen and oxygen atoms in total. The van der Waals surface area contributed by atoms with Crippen LogP contribution in [0.25, 0.3) is 0 Å². The van der Waals surface area contributed by atoms with Gasteiger partial charge in [-0.05, 0) is 62.4 Å². The number of hydrogen-bond acceptors (Lipinski definition) is 1. The van der Waals surface area contributed by atoms with Crippen LogP contribution in [0, 0.1) is 0 Å². The second-order valence-electron chi connectivity index (χ2n) is 3.12. The van der Waals surface area contributed by atoms with Crippen LogP contribution in [0.2, 0.25) is 0 Å². The van der Waals surface area contributed by atoms with Gasteiger partial charge in [-0.2, -0.15) is 0 Å². The summed E-state index contributed by atoms with van der Waals surface area (Å²) in [5.74, 6) is 0. The summed E-state index contributed by atoms with van der Waals surface area (Å²) in [5.41, 5.74) is 7.15. The second kappa shape index (κ2) is 6.83. The number of rotatable bonds is 3. The highest BCUT2D eigenvalue weighted by Crippen LogP contribution is 2.24. The molecule has 4 heteroatoms. The van der Waals surface area contributed by atoms with Crippen LogP contribution in [0.15, 0.2) is 27.1 Å². The van der Waals surface area contributed by atoms with Crippen LogP contribution in [0.5, 0.6) is 0 Å². The Bertz CT molecular complexity index is 291. The highest BCUT2D eigenvalue weighted by molar-refractivity contribution is 9.13. The normalized spacial score (nSPS) is 12.0. The van der Waals surface area contributed by atoms with Gasteiger partial charge in [-0.25, -0.2) is 0 Å². The SMILES string of the molecule is CCC(N)Cc1ccc(Br)c(Br)c1.Cl. The first kappa shape index (κ1) is 14.4. The summed E-state index contributed by atoms with van der Waals surface area (Å²) in [5, 5.41) is 0. The van der Waals surface area contributed by atoms with E-state index in [0.29, 0.717) is 0 Å². The first-order valence-corrected chi connectivity index (χ1v) is 5.91. The zero-order valence-corrected chi connectivity index (χ0v) is 12.0. The van der Waals surface area contributed by atoms with Gasteiger partial charge in [-0.15, -0.1) is 12.4 Å². The van der Waals surface area contributed by atoms with Gasteiger partial charge in [-0.1, -0.05) is 13.0 Å². The number of halogens is 3. The summed E-state index contributed by atoms with van der Waals surface area (Å²) >= 11 is 6.90. The molecule has 1 atom stereocenters. The van der Waals surface area contributed by atoms with E-state index in [1.807, 2.05) is 6.07 Å². The van der Waals surface area contributed by atoms with Gasteiger partial charge < -0.3 is 5.73 Å². The lowest BCUT2D eigenvalue weighted by molar-refractivity contribution is 0.646. The quantitative estimate of drug-likeness (QED) is 0.885. The van der Waals surface area contributed by atoms with E-state index >= 15 is 0 Å². The highest BCUT2D eigenvalue weighted by atomic mass is 79.9. The Morgan fingerprint density at radius 2 is 1.93 bits per heavy atom. The Labute approximate surface area is 108 Å². The maximum absolute atomic E-state index is 5.87. The maximum atomic E-state index is 5.87. The summed E-state index contributed by atoms with van der Waals surface area (Å²) < 4.78 is 2.18. The molecule has 0 aromatic heterocycles. The fourth-order valence-corrected chi connectivity index (χ4v) is 1.79. The van der Waals surface area contributed by atoms with Gasteiger partial charge in [0.2, 0.25) is 0 Å². The van der Waals surface area contributed by atoms with Gasteiger partial charge in [0.05, 0.1) is 0 Å². The fraction of sp³-hybridized carbons (Fsp3) is 0.400. The van der Waals surface area contributed by atoms with Crippen LogP contribution < -0.4 is 5.73 Å². The van der Waals surface area contributed by atoms with E-state index in [2.05, 4.69) is 50.9 Å². The molecule has 0 saturated heterocycles. The van der Waals surface area contributed by atoms with Gasteiger partial charge in [-0.3, -0.25) is 0 Å². The van der Waals surface area contributed by atoms with Gasteiger partial charge in [0, 0.05) is 15.0 Å². The molecule has 0 fully saturated rings. The van der Waals surface area contributed by atoms with Crippen LogP contribution in [0.1, 0.15) is 18.9 Å². The summed E-state index contributed by atoms with van der Waals surface area (Å²) in [4.78, 5) is 0. The molecule has 0 bridgehead atoms. The molecule has 1 unspecified atom stereocenters. The Morgan fingerprint density at radius 3 is 2.43 bits per heavy atom. The van der Waals surface area contributed by atoms with E-state index < -0.39 is 0 Å². The predicted molar refractivity (Wildman–Crippen MR) is 71.1 cm³/mol. The maximum Gasteiger partial charge on any atom is 0.0320 e. The van der Waals surface area contributed by atoms with E-state index in [-0.39, 0.29) is 18.4 Å².